The van der Waals surface area contributed by atoms with Gasteiger partial charge in [-0.15, -0.1) is 0 Å². The predicted octanol–water partition coefficient (Wildman–Crippen LogP) is 3.32. The van der Waals surface area contributed by atoms with Crippen LogP contribution in [0.15, 0.2) is 30.3 Å². The quantitative estimate of drug-likeness (QED) is 0.753. The minimum atomic E-state index is -0.0740. The molecule has 0 N–H and O–H groups in total. The van der Waals surface area contributed by atoms with Crippen LogP contribution in [-0.4, -0.2) is 16.8 Å². The van der Waals surface area contributed by atoms with Crippen molar-refractivity contribution in [3.05, 3.63) is 36.0 Å². The van der Waals surface area contributed by atoms with Gasteiger partial charge in [0.2, 0.25) is 11.8 Å². The minimum Gasteiger partial charge on any atom is -0.274 e. The molecule has 0 unspecified atom stereocenters. The number of aryl methyl sites for hydroxylation is 1. The van der Waals surface area contributed by atoms with Crippen molar-refractivity contribution in [2.45, 2.75) is 26.2 Å². The van der Waals surface area contributed by atoms with Crippen LogP contribution in [-0.2, 0) is 9.59 Å². The summed E-state index contributed by atoms with van der Waals surface area (Å²) in [5, 5.41) is 0.976. The van der Waals surface area contributed by atoms with E-state index in [1.807, 2.05) is 37.3 Å². The number of pyridine rings is 1. The van der Waals surface area contributed by atoms with Crippen molar-refractivity contribution in [2.24, 2.45) is 35.5 Å². The van der Waals surface area contributed by atoms with Crippen LogP contribution in [0.2, 0.25) is 0 Å². The van der Waals surface area contributed by atoms with E-state index in [4.69, 9.17) is 0 Å². The lowest BCUT2D eigenvalue weighted by Gasteiger charge is -2.42. The van der Waals surface area contributed by atoms with Gasteiger partial charge in [0.15, 0.2) is 0 Å². The van der Waals surface area contributed by atoms with Crippen molar-refractivity contribution < 1.29 is 9.59 Å². The summed E-state index contributed by atoms with van der Waals surface area (Å²) in [6.45, 7) is 1.94. The number of amides is 2. The summed E-state index contributed by atoms with van der Waals surface area (Å²) in [6, 6.07) is 9.77. The molecule has 2 aromatic rings. The molecule has 1 aromatic carbocycles. The molecule has 2 bridgehead atoms. The van der Waals surface area contributed by atoms with E-state index in [2.05, 4.69) is 4.98 Å². The molecule has 4 aliphatic carbocycles. The fourth-order valence-electron chi connectivity index (χ4n) is 6.18. The highest BCUT2D eigenvalue weighted by Gasteiger charge is 2.68. The number of imide groups is 1. The number of rotatable bonds is 1. The van der Waals surface area contributed by atoms with E-state index in [0.29, 0.717) is 29.4 Å². The smallest absolute Gasteiger partial charge is 0.238 e. The van der Waals surface area contributed by atoms with E-state index in [-0.39, 0.29) is 23.7 Å². The third kappa shape index (κ3) is 1.65. The lowest BCUT2D eigenvalue weighted by Crippen LogP contribution is -2.43. The van der Waals surface area contributed by atoms with Crippen LogP contribution >= 0.6 is 0 Å². The van der Waals surface area contributed by atoms with E-state index in [1.54, 1.807) is 0 Å². The summed E-state index contributed by atoms with van der Waals surface area (Å²) in [7, 11) is 0. The van der Waals surface area contributed by atoms with Crippen molar-refractivity contribution in [3.8, 4) is 0 Å². The second kappa shape index (κ2) is 4.48. The largest absolute Gasteiger partial charge is 0.274 e. The number of nitrogens with zero attached hydrogens (tertiary/aromatic N) is 2. The van der Waals surface area contributed by atoms with Crippen LogP contribution < -0.4 is 4.90 Å². The fourth-order valence-corrected chi connectivity index (χ4v) is 6.18. The Bertz CT molecular complexity index is 918. The van der Waals surface area contributed by atoms with Gasteiger partial charge in [-0.1, -0.05) is 18.2 Å². The number of anilines is 1. The van der Waals surface area contributed by atoms with E-state index >= 15 is 0 Å². The van der Waals surface area contributed by atoms with Crippen molar-refractivity contribution in [3.63, 3.8) is 0 Å². The standard InChI is InChI=1S/C21H20N2O2/c1-10-5-6-11-3-2-4-16(19(11)22-10)23-20(24)17-12-7-8-13(15-9-14(12)15)18(17)21(23)25/h2-6,12-15,17-18H,7-9H2,1H3/t12-,13+,14+,15-,17-,18+. The molecular formula is C21H20N2O2. The maximum Gasteiger partial charge on any atom is 0.238 e. The summed E-state index contributed by atoms with van der Waals surface area (Å²) < 4.78 is 0. The zero-order chi connectivity index (χ0) is 16.9. The molecule has 1 aliphatic heterocycles. The normalized spacial score (nSPS) is 38.2. The Morgan fingerprint density at radius 2 is 1.60 bits per heavy atom. The third-order valence-corrected chi connectivity index (χ3v) is 7.22. The zero-order valence-corrected chi connectivity index (χ0v) is 14.2. The predicted molar refractivity (Wildman–Crippen MR) is 93.8 cm³/mol. The monoisotopic (exact) mass is 332 g/mol. The first-order chi connectivity index (χ1) is 12.1. The Labute approximate surface area is 146 Å². The van der Waals surface area contributed by atoms with Crippen molar-refractivity contribution >= 4 is 28.4 Å². The van der Waals surface area contributed by atoms with Crippen molar-refractivity contribution in [2.75, 3.05) is 4.90 Å². The summed E-state index contributed by atoms with van der Waals surface area (Å²) >= 11 is 0. The van der Waals surface area contributed by atoms with Crippen LogP contribution in [0.25, 0.3) is 10.9 Å². The minimum absolute atomic E-state index is 0.0332. The maximum absolute atomic E-state index is 13.3. The van der Waals surface area contributed by atoms with Gasteiger partial charge in [-0.25, -0.2) is 4.90 Å². The third-order valence-electron chi connectivity index (χ3n) is 7.22. The average molecular weight is 332 g/mol. The van der Waals surface area contributed by atoms with Gasteiger partial charge in [0.05, 0.1) is 23.0 Å². The molecular weight excluding hydrogens is 312 g/mol. The van der Waals surface area contributed by atoms with Gasteiger partial charge in [0.1, 0.15) is 0 Å². The summed E-state index contributed by atoms with van der Waals surface area (Å²) in [5.41, 5.74) is 2.34. The molecule has 1 aromatic heterocycles. The summed E-state index contributed by atoms with van der Waals surface area (Å²) in [4.78, 5) is 32.7. The number of benzene rings is 1. The van der Waals surface area contributed by atoms with Gasteiger partial charge in [0.25, 0.3) is 0 Å². The van der Waals surface area contributed by atoms with E-state index in [0.717, 1.165) is 29.4 Å². The Kier molecular flexibility index (Phi) is 2.51. The average Bonchev–Trinajstić information content (AvgIpc) is 3.39. The number of hydrogen-bond donors (Lipinski definition) is 0. The van der Waals surface area contributed by atoms with Gasteiger partial charge in [0, 0.05) is 11.1 Å². The Morgan fingerprint density at radius 3 is 2.28 bits per heavy atom. The van der Waals surface area contributed by atoms with Gasteiger partial charge in [-0.2, -0.15) is 0 Å². The SMILES string of the molecule is Cc1ccc2cccc(N3C(=O)[C@@H]4[C@@H]5CC[C@@H]([C@H]6C[C@H]65)[C@@H]4C3=O)c2n1. The molecule has 4 heteroatoms. The Hall–Kier alpha value is -2.23. The first-order valence-corrected chi connectivity index (χ1v) is 9.39. The second-order valence-corrected chi connectivity index (χ2v) is 8.33. The Balaban J connectivity index is 1.51. The molecule has 4 saturated carbocycles. The molecule has 2 heterocycles. The van der Waals surface area contributed by atoms with Crippen molar-refractivity contribution in [1.29, 1.82) is 0 Å². The first-order valence-electron chi connectivity index (χ1n) is 9.39. The summed E-state index contributed by atoms with van der Waals surface area (Å²) in [5.74, 6) is 2.22. The number of hydrogen-bond acceptors (Lipinski definition) is 3. The second-order valence-electron chi connectivity index (χ2n) is 8.33. The van der Waals surface area contributed by atoms with Gasteiger partial charge < -0.3 is 0 Å². The summed E-state index contributed by atoms with van der Waals surface area (Å²) in [6.07, 6.45) is 3.51. The lowest BCUT2D eigenvalue weighted by molar-refractivity contribution is -0.129. The Morgan fingerprint density at radius 1 is 0.920 bits per heavy atom. The molecule has 5 fully saturated rings. The fraction of sp³-hybridized carbons (Fsp3) is 0.476. The molecule has 6 atom stereocenters. The molecule has 0 radical (unpaired) electrons. The van der Waals surface area contributed by atoms with Crippen LogP contribution in [0.4, 0.5) is 5.69 Å². The van der Waals surface area contributed by atoms with Crippen molar-refractivity contribution in [1.82, 2.24) is 4.98 Å². The number of carbonyl (C=O) groups is 2. The van der Waals surface area contributed by atoms with E-state index in [9.17, 15) is 9.59 Å². The van der Waals surface area contributed by atoms with Gasteiger partial charge in [-0.3, -0.25) is 14.6 Å². The number of para-hydroxylation sites is 1. The molecule has 2 amide bonds. The van der Waals surface area contributed by atoms with Gasteiger partial charge >= 0.3 is 0 Å². The van der Waals surface area contributed by atoms with Crippen LogP contribution in [0.3, 0.4) is 0 Å². The van der Waals surface area contributed by atoms with E-state index in [1.165, 1.54) is 11.3 Å². The van der Waals surface area contributed by atoms with Gasteiger partial charge in [-0.05, 0) is 62.0 Å². The first kappa shape index (κ1) is 14.0. The number of carbonyl (C=O) groups excluding carboxylic acids is 2. The molecule has 5 aliphatic rings. The van der Waals surface area contributed by atoms with Crippen LogP contribution in [0.5, 0.6) is 0 Å². The molecule has 0 spiro atoms. The maximum atomic E-state index is 13.3. The highest BCUT2D eigenvalue weighted by Crippen LogP contribution is 2.68. The molecule has 1 saturated heterocycles. The number of aromatic nitrogens is 1. The van der Waals surface area contributed by atoms with Crippen LogP contribution in [0, 0.1) is 42.4 Å². The molecule has 7 rings (SSSR count). The lowest BCUT2D eigenvalue weighted by atomic mass is 9.59. The zero-order valence-electron chi connectivity index (χ0n) is 14.2. The molecule has 126 valence electrons. The van der Waals surface area contributed by atoms with E-state index < -0.39 is 0 Å². The molecule has 25 heavy (non-hydrogen) atoms. The number of fused-ring (bicyclic) bond motifs is 2. The molecule has 4 nitrogen and oxygen atoms in total. The highest BCUT2D eigenvalue weighted by atomic mass is 16.2. The van der Waals surface area contributed by atoms with Crippen LogP contribution in [0.1, 0.15) is 25.0 Å². The topological polar surface area (TPSA) is 50.3 Å². The highest BCUT2D eigenvalue weighted by molar-refractivity contribution is 6.25.